The molecular weight excluding hydrogens is 230 g/mol. The standard InChI is InChI=1S/C12H23NO3.C2H6.H2/c1-12(2,3)15-8-10(13)11(14)16-9-6-4-5-7-9;1-2;/h9-10H,4-8,13H2,1-3H3;1-2H3;1H/t10-;;/m0../s1. The number of carbonyl (C=O) groups is 1. The smallest absolute Gasteiger partial charge is 0.325 e. The molecule has 1 aliphatic rings. The van der Waals surface area contributed by atoms with Gasteiger partial charge in [0.2, 0.25) is 0 Å². The zero-order chi connectivity index (χ0) is 14.2. The monoisotopic (exact) mass is 261 g/mol. The van der Waals surface area contributed by atoms with Crippen LogP contribution in [0.25, 0.3) is 0 Å². The number of esters is 1. The second kappa shape index (κ2) is 8.48. The van der Waals surface area contributed by atoms with Crippen LogP contribution in [0.2, 0.25) is 0 Å². The van der Waals surface area contributed by atoms with Gasteiger partial charge in [-0.15, -0.1) is 0 Å². The summed E-state index contributed by atoms with van der Waals surface area (Å²) in [6.45, 7) is 10.0. The molecule has 2 N–H and O–H groups in total. The topological polar surface area (TPSA) is 61.5 Å². The summed E-state index contributed by atoms with van der Waals surface area (Å²) in [5.41, 5.74) is 5.43. The van der Waals surface area contributed by atoms with Crippen molar-refractivity contribution in [2.75, 3.05) is 6.61 Å². The first kappa shape index (κ1) is 17.4. The zero-order valence-corrected chi connectivity index (χ0v) is 12.5. The Bertz CT molecular complexity index is 235. The summed E-state index contributed by atoms with van der Waals surface area (Å²) < 4.78 is 10.7. The van der Waals surface area contributed by atoms with Crippen molar-refractivity contribution in [3.63, 3.8) is 0 Å². The molecule has 0 bridgehead atoms. The normalized spacial score (nSPS) is 17.9. The van der Waals surface area contributed by atoms with Crippen LogP contribution in [-0.4, -0.2) is 30.3 Å². The molecule has 0 heterocycles. The van der Waals surface area contributed by atoms with E-state index in [1.54, 1.807) is 0 Å². The molecule has 0 radical (unpaired) electrons. The van der Waals surface area contributed by atoms with E-state index < -0.39 is 6.04 Å². The Morgan fingerprint density at radius 2 is 1.83 bits per heavy atom. The molecule has 0 aromatic carbocycles. The summed E-state index contributed by atoms with van der Waals surface area (Å²) in [7, 11) is 0. The van der Waals surface area contributed by atoms with Crippen LogP contribution in [0.5, 0.6) is 0 Å². The molecule has 1 atom stereocenters. The summed E-state index contributed by atoms with van der Waals surface area (Å²) in [5, 5.41) is 0. The van der Waals surface area contributed by atoms with E-state index in [0.29, 0.717) is 0 Å². The van der Waals surface area contributed by atoms with Gasteiger partial charge in [0, 0.05) is 1.43 Å². The highest BCUT2D eigenvalue weighted by atomic mass is 16.6. The van der Waals surface area contributed by atoms with E-state index in [0.717, 1.165) is 25.7 Å². The Kier molecular flexibility index (Phi) is 8.20. The van der Waals surface area contributed by atoms with E-state index in [1.807, 2.05) is 34.6 Å². The molecule has 1 fully saturated rings. The van der Waals surface area contributed by atoms with Gasteiger partial charge in [-0.2, -0.15) is 0 Å². The Labute approximate surface area is 113 Å². The average Bonchev–Trinajstić information content (AvgIpc) is 2.80. The first-order valence-electron chi connectivity index (χ1n) is 6.98. The lowest BCUT2D eigenvalue weighted by atomic mass is 10.2. The lowest BCUT2D eigenvalue weighted by Gasteiger charge is -2.22. The third-order valence-corrected chi connectivity index (χ3v) is 2.58. The number of hydrogen-bond acceptors (Lipinski definition) is 4. The third-order valence-electron chi connectivity index (χ3n) is 2.58. The number of hydrogen-bond donors (Lipinski definition) is 1. The van der Waals surface area contributed by atoms with Crippen molar-refractivity contribution in [1.82, 2.24) is 0 Å². The molecule has 1 aliphatic carbocycles. The van der Waals surface area contributed by atoms with Crippen LogP contribution in [-0.2, 0) is 14.3 Å². The highest BCUT2D eigenvalue weighted by molar-refractivity contribution is 5.75. The summed E-state index contributed by atoms with van der Waals surface area (Å²) in [6, 6.07) is -0.667. The predicted octanol–water partition coefficient (Wildman–Crippen LogP) is 2.89. The first-order chi connectivity index (χ1) is 8.38. The second-order valence-electron chi connectivity index (χ2n) is 5.37. The summed E-state index contributed by atoms with van der Waals surface area (Å²) in [6.07, 6.45) is 4.31. The first-order valence-corrected chi connectivity index (χ1v) is 6.98. The van der Waals surface area contributed by atoms with Crippen LogP contribution in [0.1, 0.15) is 61.7 Å². The quantitative estimate of drug-likeness (QED) is 0.790. The molecule has 0 aromatic rings. The van der Waals surface area contributed by atoms with Gasteiger partial charge >= 0.3 is 5.97 Å². The van der Waals surface area contributed by atoms with Crippen molar-refractivity contribution in [3.05, 3.63) is 0 Å². The second-order valence-corrected chi connectivity index (χ2v) is 5.37. The van der Waals surface area contributed by atoms with Crippen LogP contribution in [0, 0.1) is 0 Å². The van der Waals surface area contributed by atoms with Gasteiger partial charge in [0.05, 0.1) is 12.2 Å². The fourth-order valence-corrected chi connectivity index (χ4v) is 1.67. The largest absolute Gasteiger partial charge is 0.461 e. The van der Waals surface area contributed by atoms with E-state index in [4.69, 9.17) is 15.2 Å². The van der Waals surface area contributed by atoms with Crippen LogP contribution >= 0.6 is 0 Å². The Morgan fingerprint density at radius 3 is 2.28 bits per heavy atom. The minimum atomic E-state index is -0.667. The van der Waals surface area contributed by atoms with Crippen molar-refractivity contribution >= 4 is 5.97 Å². The maximum absolute atomic E-state index is 11.6. The van der Waals surface area contributed by atoms with Crippen molar-refractivity contribution in [2.45, 2.75) is 78.0 Å². The van der Waals surface area contributed by atoms with Gasteiger partial charge in [-0.3, -0.25) is 4.79 Å². The van der Waals surface area contributed by atoms with E-state index in [1.165, 1.54) is 0 Å². The van der Waals surface area contributed by atoms with Gasteiger partial charge in [0.1, 0.15) is 12.1 Å². The van der Waals surface area contributed by atoms with E-state index >= 15 is 0 Å². The molecule has 0 amide bonds. The molecule has 4 nitrogen and oxygen atoms in total. The van der Waals surface area contributed by atoms with E-state index in [-0.39, 0.29) is 25.7 Å². The minimum Gasteiger partial charge on any atom is -0.461 e. The lowest BCUT2D eigenvalue weighted by Crippen LogP contribution is -2.40. The van der Waals surface area contributed by atoms with Gasteiger partial charge in [-0.1, -0.05) is 13.8 Å². The fourth-order valence-electron chi connectivity index (χ4n) is 1.67. The molecule has 0 aromatic heterocycles. The molecule has 0 spiro atoms. The van der Waals surface area contributed by atoms with Gasteiger partial charge in [-0.05, 0) is 46.5 Å². The zero-order valence-electron chi connectivity index (χ0n) is 12.5. The molecule has 18 heavy (non-hydrogen) atoms. The fraction of sp³-hybridized carbons (Fsp3) is 0.929. The van der Waals surface area contributed by atoms with Gasteiger partial charge in [0.25, 0.3) is 0 Å². The lowest BCUT2D eigenvalue weighted by molar-refractivity contribution is -0.153. The molecule has 4 heteroatoms. The molecule has 0 unspecified atom stereocenters. The Balaban J connectivity index is 0. The van der Waals surface area contributed by atoms with Crippen molar-refractivity contribution in [3.8, 4) is 0 Å². The summed E-state index contributed by atoms with van der Waals surface area (Å²) in [5.74, 6) is -0.337. The van der Waals surface area contributed by atoms with Crippen molar-refractivity contribution < 1.29 is 15.7 Å². The maximum atomic E-state index is 11.6. The molecule has 1 rings (SSSR count). The van der Waals surface area contributed by atoms with Crippen LogP contribution in [0.4, 0.5) is 0 Å². The number of carbonyl (C=O) groups excluding carboxylic acids is 1. The number of nitrogens with two attached hydrogens (primary N) is 1. The third kappa shape index (κ3) is 7.67. The van der Waals surface area contributed by atoms with Crippen molar-refractivity contribution in [2.24, 2.45) is 5.73 Å². The molecule has 0 aliphatic heterocycles. The highest BCUT2D eigenvalue weighted by Gasteiger charge is 2.24. The number of rotatable bonds is 4. The molecule has 0 saturated heterocycles. The predicted molar refractivity (Wildman–Crippen MR) is 75.5 cm³/mol. The van der Waals surface area contributed by atoms with E-state index in [2.05, 4.69) is 0 Å². The van der Waals surface area contributed by atoms with Crippen molar-refractivity contribution in [1.29, 1.82) is 0 Å². The highest BCUT2D eigenvalue weighted by Crippen LogP contribution is 2.21. The van der Waals surface area contributed by atoms with E-state index in [9.17, 15) is 4.79 Å². The van der Waals surface area contributed by atoms with Gasteiger partial charge in [-0.25, -0.2) is 0 Å². The molecular formula is C14H31NO3. The minimum absolute atomic E-state index is 0. The SMILES string of the molecule is CC.CC(C)(C)OC[C@H](N)C(=O)OC1CCCC1.[HH]. The van der Waals surface area contributed by atoms with Crippen LogP contribution in [0.15, 0.2) is 0 Å². The average molecular weight is 261 g/mol. The summed E-state index contributed by atoms with van der Waals surface area (Å²) >= 11 is 0. The van der Waals surface area contributed by atoms with Crippen LogP contribution < -0.4 is 5.73 Å². The van der Waals surface area contributed by atoms with Crippen LogP contribution in [0.3, 0.4) is 0 Å². The molecule has 110 valence electrons. The molecule has 1 saturated carbocycles. The Morgan fingerprint density at radius 1 is 1.33 bits per heavy atom. The Hall–Kier alpha value is -0.610. The van der Waals surface area contributed by atoms with Gasteiger partial charge < -0.3 is 15.2 Å². The maximum Gasteiger partial charge on any atom is 0.325 e. The van der Waals surface area contributed by atoms with Gasteiger partial charge in [0.15, 0.2) is 0 Å². The number of ether oxygens (including phenoxy) is 2. The summed E-state index contributed by atoms with van der Waals surface area (Å²) in [4.78, 5) is 11.6.